The van der Waals surface area contributed by atoms with E-state index in [2.05, 4.69) is 4.98 Å². The van der Waals surface area contributed by atoms with Crippen LogP contribution in [0.15, 0.2) is 24.3 Å². The topological polar surface area (TPSA) is 70.2 Å². The molecule has 5 heteroatoms. The standard InChI is InChI=1S/C17H18N2O3/c1-11(21)19-8-6-12(7-9-19)17(22)16-14(10-20)13-4-2-3-5-15(13)18-16/h2-5,10,12,18H,6-9H2,1H3. The summed E-state index contributed by atoms with van der Waals surface area (Å²) < 4.78 is 0. The van der Waals surface area contributed by atoms with E-state index in [1.807, 2.05) is 24.3 Å². The summed E-state index contributed by atoms with van der Waals surface area (Å²) in [5, 5.41) is 0.780. The number of nitrogens with one attached hydrogen (secondary N) is 1. The number of aldehydes is 1. The second-order valence-electron chi connectivity index (χ2n) is 5.72. The summed E-state index contributed by atoms with van der Waals surface area (Å²) >= 11 is 0. The van der Waals surface area contributed by atoms with Gasteiger partial charge in [0.25, 0.3) is 0 Å². The number of H-pyrrole nitrogens is 1. The molecular weight excluding hydrogens is 280 g/mol. The molecule has 1 aromatic heterocycles. The van der Waals surface area contributed by atoms with Crippen molar-refractivity contribution >= 4 is 28.9 Å². The minimum absolute atomic E-state index is 0.0264. The number of para-hydroxylation sites is 1. The van der Waals surface area contributed by atoms with Crippen molar-refractivity contribution in [3.8, 4) is 0 Å². The SMILES string of the molecule is CC(=O)N1CCC(C(=O)c2[nH]c3ccccc3c2C=O)CC1. The highest BCUT2D eigenvalue weighted by molar-refractivity contribution is 6.11. The zero-order chi connectivity index (χ0) is 15.7. The number of hydrogen-bond donors (Lipinski definition) is 1. The maximum atomic E-state index is 12.7. The molecule has 1 fully saturated rings. The minimum atomic E-state index is -0.137. The average Bonchev–Trinajstić information content (AvgIpc) is 2.92. The number of fused-ring (bicyclic) bond motifs is 1. The Morgan fingerprint density at radius 1 is 1.23 bits per heavy atom. The highest BCUT2D eigenvalue weighted by Crippen LogP contribution is 2.27. The van der Waals surface area contributed by atoms with Crippen molar-refractivity contribution in [3.05, 3.63) is 35.5 Å². The second kappa shape index (κ2) is 5.75. The number of amides is 1. The average molecular weight is 298 g/mol. The first-order valence-corrected chi connectivity index (χ1v) is 7.47. The molecule has 0 radical (unpaired) electrons. The fourth-order valence-corrected chi connectivity index (χ4v) is 3.14. The number of nitrogens with zero attached hydrogens (tertiary/aromatic N) is 1. The van der Waals surface area contributed by atoms with Crippen molar-refractivity contribution in [3.63, 3.8) is 0 Å². The van der Waals surface area contributed by atoms with Crippen LogP contribution in [0.4, 0.5) is 0 Å². The van der Waals surface area contributed by atoms with Crippen LogP contribution in [0.3, 0.4) is 0 Å². The van der Waals surface area contributed by atoms with E-state index in [0.717, 1.165) is 17.2 Å². The Labute approximate surface area is 128 Å². The lowest BCUT2D eigenvalue weighted by atomic mass is 9.90. The number of likely N-dealkylation sites (tertiary alicyclic amines) is 1. The summed E-state index contributed by atoms with van der Waals surface area (Å²) in [6.07, 6.45) is 2.04. The predicted octanol–water partition coefficient (Wildman–Crippen LogP) is 2.42. The predicted molar refractivity (Wildman–Crippen MR) is 83.0 cm³/mol. The van der Waals surface area contributed by atoms with Crippen LogP contribution in [0.25, 0.3) is 10.9 Å². The summed E-state index contributed by atoms with van der Waals surface area (Å²) in [4.78, 5) is 40.3. The molecule has 0 aliphatic carbocycles. The summed E-state index contributed by atoms with van der Waals surface area (Å²) in [5.41, 5.74) is 1.64. The summed E-state index contributed by atoms with van der Waals surface area (Å²) in [7, 11) is 0. The molecular formula is C17H18N2O3. The molecule has 0 unspecified atom stereocenters. The van der Waals surface area contributed by atoms with Crippen LogP contribution in [-0.2, 0) is 4.79 Å². The maximum Gasteiger partial charge on any atom is 0.219 e. The first-order chi connectivity index (χ1) is 10.6. The van der Waals surface area contributed by atoms with Gasteiger partial charge in [-0.05, 0) is 18.9 Å². The van der Waals surface area contributed by atoms with Gasteiger partial charge in [-0.1, -0.05) is 18.2 Å². The molecule has 1 aliphatic heterocycles. The van der Waals surface area contributed by atoms with Gasteiger partial charge in [-0.25, -0.2) is 0 Å². The molecule has 1 amide bonds. The molecule has 5 nitrogen and oxygen atoms in total. The first kappa shape index (κ1) is 14.5. The first-order valence-electron chi connectivity index (χ1n) is 7.47. The summed E-state index contributed by atoms with van der Waals surface area (Å²) in [6.45, 7) is 2.75. The van der Waals surface area contributed by atoms with Crippen molar-refractivity contribution in [1.82, 2.24) is 9.88 Å². The molecule has 0 atom stereocenters. The Hall–Kier alpha value is -2.43. The third kappa shape index (κ3) is 2.43. The number of piperidine rings is 1. The normalized spacial score (nSPS) is 16.0. The van der Waals surface area contributed by atoms with Gasteiger partial charge < -0.3 is 9.88 Å². The van der Waals surface area contributed by atoms with Gasteiger partial charge in [-0.2, -0.15) is 0 Å². The van der Waals surface area contributed by atoms with Crippen LogP contribution >= 0.6 is 0 Å². The Kier molecular flexibility index (Phi) is 3.79. The molecule has 22 heavy (non-hydrogen) atoms. The van der Waals surface area contributed by atoms with Crippen LogP contribution in [0.2, 0.25) is 0 Å². The Morgan fingerprint density at radius 3 is 2.55 bits per heavy atom. The zero-order valence-electron chi connectivity index (χ0n) is 12.5. The fraction of sp³-hybridized carbons (Fsp3) is 0.353. The fourth-order valence-electron chi connectivity index (χ4n) is 3.14. The molecule has 2 heterocycles. The third-order valence-corrected chi connectivity index (χ3v) is 4.42. The molecule has 0 spiro atoms. The van der Waals surface area contributed by atoms with Gasteiger partial charge in [-0.15, -0.1) is 0 Å². The second-order valence-corrected chi connectivity index (χ2v) is 5.72. The molecule has 3 rings (SSSR count). The molecule has 1 aliphatic rings. The van der Waals surface area contributed by atoms with E-state index in [0.29, 0.717) is 37.2 Å². The van der Waals surface area contributed by atoms with Crippen molar-refractivity contribution in [2.75, 3.05) is 13.1 Å². The van der Waals surface area contributed by atoms with E-state index in [4.69, 9.17) is 0 Å². The molecule has 0 bridgehead atoms. The van der Waals surface area contributed by atoms with Crippen LogP contribution in [0.5, 0.6) is 0 Å². The number of hydrogen-bond acceptors (Lipinski definition) is 3. The maximum absolute atomic E-state index is 12.7. The molecule has 1 saturated heterocycles. The van der Waals surface area contributed by atoms with Gasteiger partial charge in [0, 0.05) is 36.8 Å². The third-order valence-electron chi connectivity index (χ3n) is 4.42. The lowest BCUT2D eigenvalue weighted by molar-refractivity contribution is -0.130. The number of aromatic amines is 1. The Bertz CT molecular complexity index is 739. The van der Waals surface area contributed by atoms with Gasteiger partial charge in [0.15, 0.2) is 12.1 Å². The monoisotopic (exact) mass is 298 g/mol. The molecule has 1 N–H and O–H groups in total. The van der Waals surface area contributed by atoms with Gasteiger partial charge in [0.05, 0.1) is 11.3 Å². The van der Waals surface area contributed by atoms with Crippen molar-refractivity contribution in [1.29, 1.82) is 0 Å². The van der Waals surface area contributed by atoms with E-state index in [1.54, 1.807) is 11.8 Å². The Morgan fingerprint density at radius 2 is 1.91 bits per heavy atom. The van der Waals surface area contributed by atoms with Crippen LogP contribution in [0, 0.1) is 5.92 Å². The molecule has 1 aromatic carbocycles. The number of aromatic nitrogens is 1. The van der Waals surface area contributed by atoms with Crippen molar-refractivity contribution in [2.45, 2.75) is 19.8 Å². The number of rotatable bonds is 3. The number of ketones is 1. The summed E-state index contributed by atoms with van der Waals surface area (Å²) in [5.74, 6) is -0.117. The van der Waals surface area contributed by atoms with Crippen molar-refractivity contribution in [2.24, 2.45) is 5.92 Å². The van der Waals surface area contributed by atoms with Gasteiger partial charge in [0.1, 0.15) is 0 Å². The van der Waals surface area contributed by atoms with Crippen molar-refractivity contribution < 1.29 is 14.4 Å². The van der Waals surface area contributed by atoms with Gasteiger partial charge in [0.2, 0.25) is 5.91 Å². The number of Topliss-reactive ketones (excluding diaryl/α,β-unsaturated/α-hetero) is 1. The lowest BCUT2D eigenvalue weighted by Crippen LogP contribution is -2.39. The van der Waals surface area contributed by atoms with E-state index in [1.165, 1.54) is 0 Å². The zero-order valence-corrected chi connectivity index (χ0v) is 12.5. The van der Waals surface area contributed by atoms with Crippen LogP contribution < -0.4 is 0 Å². The minimum Gasteiger partial charge on any atom is -0.351 e. The van der Waals surface area contributed by atoms with Crippen LogP contribution in [-0.4, -0.2) is 40.9 Å². The van der Waals surface area contributed by atoms with E-state index in [9.17, 15) is 14.4 Å². The Balaban J connectivity index is 1.87. The highest BCUT2D eigenvalue weighted by Gasteiger charge is 2.29. The number of benzene rings is 1. The lowest BCUT2D eigenvalue weighted by Gasteiger charge is -2.30. The van der Waals surface area contributed by atoms with E-state index in [-0.39, 0.29) is 17.6 Å². The van der Waals surface area contributed by atoms with E-state index >= 15 is 0 Å². The van der Waals surface area contributed by atoms with Gasteiger partial charge >= 0.3 is 0 Å². The molecule has 0 saturated carbocycles. The largest absolute Gasteiger partial charge is 0.351 e. The van der Waals surface area contributed by atoms with Crippen LogP contribution in [0.1, 0.15) is 40.6 Å². The molecule has 2 aromatic rings. The smallest absolute Gasteiger partial charge is 0.219 e. The quantitative estimate of drug-likeness (QED) is 0.699. The number of carbonyl (C=O) groups is 3. The molecule has 114 valence electrons. The highest BCUT2D eigenvalue weighted by atomic mass is 16.2. The van der Waals surface area contributed by atoms with Gasteiger partial charge in [-0.3, -0.25) is 14.4 Å². The summed E-state index contributed by atoms with van der Waals surface area (Å²) in [6, 6.07) is 7.41. The number of carbonyl (C=O) groups excluding carboxylic acids is 3. The van der Waals surface area contributed by atoms with E-state index < -0.39 is 0 Å².